The fourth-order valence-electron chi connectivity index (χ4n) is 2.56. The van der Waals surface area contributed by atoms with E-state index in [9.17, 15) is 9.59 Å². The molecule has 0 bridgehead atoms. The molecular weight excluding hydrogens is 302 g/mol. The molecule has 0 aliphatic carbocycles. The topological polar surface area (TPSA) is 52.7 Å². The maximum atomic E-state index is 12.3. The Morgan fingerprint density at radius 1 is 1.23 bits per heavy atom. The number of benzene rings is 1. The van der Waals surface area contributed by atoms with Gasteiger partial charge in [0, 0.05) is 44.7 Å². The number of nitrogens with one attached hydrogen (secondary N) is 1. The van der Waals surface area contributed by atoms with E-state index in [1.807, 2.05) is 36.1 Å². The van der Waals surface area contributed by atoms with Crippen LogP contribution in [0.15, 0.2) is 24.3 Å². The van der Waals surface area contributed by atoms with E-state index in [2.05, 4.69) is 10.2 Å². The molecule has 22 heavy (non-hydrogen) atoms. The number of rotatable bonds is 4. The maximum absolute atomic E-state index is 12.3. The van der Waals surface area contributed by atoms with Crippen molar-refractivity contribution >= 4 is 23.4 Å². The third-order valence-electron chi connectivity index (χ3n) is 4.10. The second-order valence-electron chi connectivity index (χ2n) is 5.53. The number of carbonyl (C=O) groups excluding carboxylic acids is 2. The van der Waals surface area contributed by atoms with Crippen LogP contribution < -0.4 is 5.32 Å². The largest absolute Gasteiger partial charge is 0.351 e. The van der Waals surface area contributed by atoms with Gasteiger partial charge in [-0.25, -0.2) is 0 Å². The van der Waals surface area contributed by atoms with Gasteiger partial charge in [0.15, 0.2) is 0 Å². The lowest BCUT2D eigenvalue weighted by Gasteiger charge is -2.37. The number of nitrogens with zero attached hydrogens (tertiary/aromatic N) is 2. The summed E-state index contributed by atoms with van der Waals surface area (Å²) in [4.78, 5) is 27.5. The van der Waals surface area contributed by atoms with Gasteiger partial charge in [-0.2, -0.15) is 0 Å². The molecule has 2 rings (SSSR count). The van der Waals surface area contributed by atoms with Gasteiger partial charge in [0.05, 0.1) is 6.04 Å². The van der Waals surface area contributed by atoms with E-state index >= 15 is 0 Å². The number of hydrogen-bond donors (Lipinski definition) is 1. The van der Waals surface area contributed by atoms with Gasteiger partial charge in [0.25, 0.3) is 0 Å². The summed E-state index contributed by atoms with van der Waals surface area (Å²) in [5.41, 5.74) is 0.908. The number of halogens is 1. The van der Waals surface area contributed by atoms with E-state index < -0.39 is 0 Å². The van der Waals surface area contributed by atoms with Crippen molar-refractivity contribution in [3.63, 3.8) is 0 Å². The second-order valence-corrected chi connectivity index (χ2v) is 5.93. The lowest BCUT2D eigenvalue weighted by molar-refractivity contribution is -0.132. The smallest absolute Gasteiger partial charge is 0.237 e. The summed E-state index contributed by atoms with van der Waals surface area (Å²) in [7, 11) is 0. The summed E-state index contributed by atoms with van der Waals surface area (Å²) in [5.74, 6) is 0.0756. The van der Waals surface area contributed by atoms with Crippen molar-refractivity contribution < 1.29 is 9.59 Å². The van der Waals surface area contributed by atoms with Crippen LogP contribution in [0, 0.1) is 0 Å². The molecule has 1 fully saturated rings. The molecule has 1 N–H and O–H groups in total. The van der Waals surface area contributed by atoms with E-state index in [1.165, 1.54) is 0 Å². The van der Waals surface area contributed by atoms with Gasteiger partial charge in [0.2, 0.25) is 11.8 Å². The Kier molecular flexibility index (Phi) is 5.80. The third-order valence-corrected chi connectivity index (χ3v) is 4.47. The summed E-state index contributed by atoms with van der Waals surface area (Å²) in [5, 5.41) is 3.58. The highest BCUT2D eigenvalue weighted by atomic mass is 35.5. The average Bonchev–Trinajstić information content (AvgIpc) is 2.53. The first-order valence-electron chi connectivity index (χ1n) is 7.49. The Hall–Kier alpha value is -1.59. The number of hydrogen-bond acceptors (Lipinski definition) is 3. The molecule has 0 unspecified atom stereocenters. The minimum absolute atomic E-state index is 0.0174. The Bertz CT molecular complexity index is 542. The number of amides is 2. The van der Waals surface area contributed by atoms with Crippen LogP contribution in [0.4, 0.5) is 0 Å². The molecule has 2 amide bonds. The van der Waals surface area contributed by atoms with Crippen LogP contribution in [0.5, 0.6) is 0 Å². The molecule has 0 aromatic heterocycles. The fourth-order valence-corrected chi connectivity index (χ4v) is 2.76. The SMILES string of the molecule is CC(=O)N1CCN([C@@H](C)C(=O)NCc2ccccc2Cl)CC1. The van der Waals surface area contributed by atoms with Crippen LogP contribution in [0.2, 0.25) is 5.02 Å². The fraction of sp³-hybridized carbons (Fsp3) is 0.500. The van der Waals surface area contributed by atoms with E-state index in [0.29, 0.717) is 24.7 Å². The number of carbonyl (C=O) groups is 2. The molecule has 1 aliphatic rings. The first-order chi connectivity index (χ1) is 10.5. The van der Waals surface area contributed by atoms with Crippen LogP contribution in [0.1, 0.15) is 19.4 Å². The molecule has 0 radical (unpaired) electrons. The molecule has 1 aliphatic heterocycles. The molecule has 5 nitrogen and oxygen atoms in total. The van der Waals surface area contributed by atoms with Gasteiger partial charge in [0.1, 0.15) is 0 Å². The highest BCUT2D eigenvalue weighted by Gasteiger charge is 2.26. The van der Waals surface area contributed by atoms with Crippen LogP contribution in [-0.2, 0) is 16.1 Å². The number of piperazine rings is 1. The molecular formula is C16H22ClN3O2. The van der Waals surface area contributed by atoms with Gasteiger partial charge in [-0.1, -0.05) is 29.8 Å². The predicted octanol–water partition coefficient (Wildman–Crippen LogP) is 1.51. The van der Waals surface area contributed by atoms with Crippen molar-refractivity contribution in [3.8, 4) is 0 Å². The Morgan fingerprint density at radius 3 is 2.45 bits per heavy atom. The van der Waals surface area contributed by atoms with Crippen LogP contribution in [-0.4, -0.2) is 53.8 Å². The average molecular weight is 324 g/mol. The molecule has 1 atom stereocenters. The molecule has 1 saturated heterocycles. The van der Waals surface area contributed by atoms with Crippen molar-refractivity contribution in [3.05, 3.63) is 34.9 Å². The molecule has 0 spiro atoms. The quantitative estimate of drug-likeness (QED) is 0.914. The summed E-state index contributed by atoms with van der Waals surface area (Å²) in [6.07, 6.45) is 0. The van der Waals surface area contributed by atoms with Crippen molar-refractivity contribution in [2.45, 2.75) is 26.4 Å². The zero-order chi connectivity index (χ0) is 16.1. The van der Waals surface area contributed by atoms with Crippen LogP contribution >= 0.6 is 11.6 Å². The predicted molar refractivity (Wildman–Crippen MR) is 86.6 cm³/mol. The highest BCUT2D eigenvalue weighted by Crippen LogP contribution is 2.14. The van der Waals surface area contributed by atoms with Crippen molar-refractivity contribution in [2.75, 3.05) is 26.2 Å². The first kappa shape index (κ1) is 16.8. The lowest BCUT2D eigenvalue weighted by atomic mass is 10.2. The van der Waals surface area contributed by atoms with Gasteiger partial charge < -0.3 is 10.2 Å². The summed E-state index contributed by atoms with van der Waals surface area (Å²) < 4.78 is 0. The van der Waals surface area contributed by atoms with E-state index in [1.54, 1.807) is 6.92 Å². The Labute approximate surface area is 136 Å². The lowest BCUT2D eigenvalue weighted by Crippen LogP contribution is -2.54. The molecule has 0 saturated carbocycles. The summed E-state index contributed by atoms with van der Waals surface area (Å²) in [6.45, 7) is 6.70. The van der Waals surface area contributed by atoms with Crippen molar-refractivity contribution in [1.29, 1.82) is 0 Å². The second kappa shape index (κ2) is 7.61. The Morgan fingerprint density at radius 2 is 1.86 bits per heavy atom. The summed E-state index contributed by atoms with van der Waals surface area (Å²) in [6, 6.07) is 7.27. The highest BCUT2D eigenvalue weighted by molar-refractivity contribution is 6.31. The first-order valence-corrected chi connectivity index (χ1v) is 7.87. The van der Waals surface area contributed by atoms with Crippen LogP contribution in [0.3, 0.4) is 0 Å². The van der Waals surface area contributed by atoms with E-state index in [4.69, 9.17) is 11.6 Å². The zero-order valence-electron chi connectivity index (χ0n) is 13.0. The van der Waals surface area contributed by atoms with E-state index in [-0.39, 0.29) is 17.9 Å². The van der Waals surface area contributed by atoms with Gasteiger partial charge >= 0.3 is 0 Å². The normalized spacial score (nSPS) is 17.1. The molecule has 1 aromatic carbocycles. The monoisotopic (exact) mass is 323 g/mol. The third kappa shape index (κ3) is 4.21. The Balaban J connectivity index is 1.83. The minimum Gasteiger partial charge on any atom is -0.351 e. The standard InChI is InChI=1S/C16H22ClN3O2/c1-12(19-7-9-20(10-8-19)13(2)21)16(22)18-11-14-5-3-4-6-15(14)17/h3-6,12H,7-11H2,1-2H3,(H,18,22)/t12-/m0/s1. The summed E-state index contributed by atoms with van der Waals surface area (Å²) >= 11 is 6.08. The molecule has 120 valence electrons. The molecule has 1 aromatic rings. The van der Waals surface area contributed by atoms with E-state index in [0.717, 1.165) is 18.7 Å². The van der Waals surface area contributed by atoms with Crippen molar-refractivity contribution in [2.24, 2.45) is 0 Å². The van der Waals surface area contributed by atoms with Crippen molar-refractivity contribution in [1.82, 2.24) is 15.1 Å². The molecule has 1 heterocycles. The van der Waals surface area contributed by atoms with Gasteiger partial charge in [-0.15, -0.1) is 0 Å². The minimum atomic E-state index is -0.211. The molecule has 6 heteroatoms. The zero-order valence-corrected chi connectivity index (χ0v) is 13.8. The van der Waals surface area contributed by atoms with Crippen LogP contribution in [0.25, 0.3) is 0 Å². The maximum Gasteiger partial charge on any atom is 0.237 e. The van der Waals surface area contributed by atoms with Gasteiger partial charge in [-0.3, -0.25) is 14.5 Å². The van der Waals surface area contributed by atoms with Gasteiger partial charge in [-0.05, 0) is 18.6 Å².